The number of ether oxygens (including phenoxy) is 2. The number of Topliss-reactive ketones (excluding diaryl/α,β-unsaturated/α-hetero) is 1. The molecule has 5 fully saturated rings. The first kappa shape index (κ1) is 18.3. The van der Waals surface area contributed by atoms with Gasteiger partial charge in [-0.2, -0.15) is 0 Å². The highest BCUT2D eigenvalue weighted by atomic mass is 16.6. The Labute approximate surface area is 171 Å². The molecule has 2 saturated heterocycles. The van der Waals surface area contributed by atoms with Gasteiger partial charge in [-0.1, -0.05) is 19.4 Å². The molecule has 29 heavy (non-hydrogen) atoms. The maximum atomic E-state index is 12.9. The quantitative estimate of drug-likeness (QED) is 0.499. The average Bonchev–Trinajstić information content (AvgIpc) is 3.14. The summed E-state index contributed by atoms with van der Waals surface area (Å²) in [4.78, 5) is 37.2. The minimum Gasteiger partial charge on any atom is -0.458 e. The molecule has 2 heterocycles. The van der Waals surface area contributed by atoms with Gasteiger partial charge >= 0.3 is 5.97 Å². The van der Waals surface area contributed by atoms with Crippen LogP contribution in [0.4, 0.5) is 0 Å². The highest BCUT2D eigenvalue weighted by molar-refractivity contribution is 5.92. The second-order valence-corrected chi connectivity index (χ2v) is 11.0. The number of epoxide rings is 1. The summed E-state index contributed by atoms with van der Waals surface area (Å²) in [7, 11) is 0. The lowest BCUT2D eigenvalue weighted by Gasteiger charge is -2.58. The van der Waals surface area contributed by atoms with Crippen molar-refractivity contribution in [1.82, 2.24) is 0 Å². The topological polar surface area (TPSA) is 73.0 Å². The van der Waals surface area contributed by atoms with Gasteiger partial charge in [0.1, 0.15) is 17.0 Å². The Hall–Kier alpha value is -1.49. The van der Waals surface area contributed by atoms with Gasteiger partial charge in [0.15, 0.2) is 5.78 Å². The van der Waals surface area contributed by atoms with E-state index in [0.717, 1.165) is 37.7 Å². The normalized spacial score (nSPS) is 54.8. The molecule has 6 rings (SSSR count). The van der Waals surface area contributed by atoms with Crippen molar-refractivity contribution in [1.29, 1.82) is 0 Å². The molecule has 5 nitrogen and oxygen atoms in total. The van der Waals surface area contributed by atoms with Gasteiger partial charge in [-0.3, -0.25) is 14.4 Å². The van der Waals surface area contributed by atoms with Crippen LogP contribution in [0, 0.1) is 28.6 Å². The first-order chi connectivity index (χ1) is 13.7. The maximum Gasteiger partial charge on any atom is 0.306 e. The minimum absolute atomic E-state index is 0.0739. The Bertz CT molecular complexity index is 890. The lowest BCUT2D eigenvalue weighted by atomic mass is 9.43. The van der Waals surface area contributed by atoms with Crippen molar-refractivity contribution in [3.8, 4) is 0 Å². The van der Waals surface area contributed by atoms with Crippen LogP contribution in [0.15, 0.2) is 11.6 Å². The molecule has 3 saturated carbocycles. The van der Waals surface area contributed by atoms with Gasteiger partial charge in [0.2, 0.25) is 0 Å². The fraction of sp³-hybridized carbons (Fsp3) is 0.792. The second kappa shape index (κ2) is 5.22. The number of hydrogen-bond donors (Lipinski definition) is 0. The van der Waals surface area contributed by atoms with Crippen molar-refractivity contribution >= 4 is 17.5 Å². The monoisotopic (exact) mass is 398 g/mol. The molecule has 1 unspecified atom stereocenters. The van der Waals surface area contributed by atoms with Crippen molar-refractivity contribution < 1.29 is 23.9 Å². The van der Waals surface area contributed by atoms with E-state index < -0.39 is 0 Å². The molecule has 0 bridgehead atoms. The molecule has 0 aromatic carbocycles. The Balaban J connectivity index is 1.49. The molecular weight excluding hydrogens is 368 g/mol. The van der Waals surface area contributed by atoms with E-state index in [0.29, 0.717) is 25.2 Å². The minimum atomic E-state index is -0.381. The van der Waals surface area contributed by atoms with Crippen molar-refractivity contribution in [3.05, 3.63) is 11.6 Å². The van der Waals surface area contributed by atoms with Crippen LogP contribution < -0.4 is 0 Å². The van der Waals surface area contributed by atoms with E-state index >= 15 is 0 Å². The summed E-state index contributed by atoms with van der Waals surface area (Å²) in [5.41, 5.74) is 0.132. The molecule has 0 radical (unpaired) electrons. The van der Waals surface area contributed by atoms with Gasteiger partial charge < -0.3 is 9.47 Å². The number of carbonyl (C=O) groups excluding carboxylic acids is 3. The van der Waals surface area contributed by atoms with E-state index in [9.17, 15) is 14.4 Å². The van der Waals surface area contributed by atoms with E-state index in [1.54, 1.807) is 6.92 Å². The van der Waals surface area contributed by atoms with Crippen LogP contribution in [0.25, 0.3) is 0 Å². The van der Waals surface area contributed by atoms with Gasteiger partial charge in [-0.05, 0) is 57.4 Å². The summed E-state index contributed by atoms with van der Waals surface area (Å²) in [6.07, 6.45) is 8.07. The Kier molecular flexibility index (Phi) is 3.29. The molecule has 2 aliphatic heterocycles. The molecular formula is C24H30O5. The predicted molar refractivity (Wildman–Crippen MR) is 104 cm³/mol. The fourth-order valence-electron chi connectivity index (χ4n) is 8.70. The second-order valence-electron chi connectivity index (χ2n) is 11.0. The standard InChI is InChI=1S/C24H30O5/c1-13(25)16-11-14-10-15(26)4-7-21(14,2)24-18(28-24)12-22(3)17(20(16)24)5-8-23(22)9-6-19(27)29-23/h10,16-18,20H,4-9,11-12H2,1-3H3/t16-,17-,18?,20-,21-,22-,23+,24+/m0/s1. The molecule has 0 aromatic rings. The van der Waals surface area contributed by atoms with Crippen molar-refractivity contribution in [3.63, 3.8) is 0 Å². The first-order valence-corrected chi connectivity index (χ1v) is 11.3. The van der Waals surface area contributed by atoms with Gasteiger partial charge in [-0.25, -0.2) is 0 Å². The van der Waals surface area contributed by atoms with Crippen LogP contribution in [-0.4, -0.2) is 34.8 Å². The molecule has 2 spiro atoms. The van der Waals surface area contributed by atoms with Gasteiger partial charge in [-0.15, -0.1) is 0 Å². The Morgan fingerprint density at radius 3 is 2.62 bits per heavy atom. The predicted octanol–water partition coefficient (Wildman–Crippen LogP) is 3.54. The zero-order chi connectivity index (χ0) is 20.4. The first-order valence-electron chi connectivity index (χ1n) is 11.3. The molecule has 0 aromatic heterocycles. The fourth-order valence-corrected chi connectivity index (χ4v) is 8.70. The van der Waals surface area contributed by atoms with Crippen LogP contribution in [0.2, 0.25) is 0 Å². The Morgan fingerprint density at radius 1 is 1.14 bits per heavy atom. The van der Waals surface area contributed by atoms with Gasteiger partial charge in [0.05, 0.1) is 6.10 Å². The molecule has 8 atom stereocenters. The molecule has 0 N–H and O–H groups in total. The third-order valence-corrected chi connectivity index (χ3v) is 10.2. The third-order valence-electron chi connectivity index (χ3n) is 10.2. The zero-order valence-corrected chi connectivity index (χ0v) is 17.6. The van der Waals surface area contributed by atoms with Crippen LogP contribution in [-0.2, 0) is 23.9 Å². The zero-order valence-electron chi connectivity index (χ0n) is 17.6. The van der Waals surface area contributed by atoms with Crippen LogP contribution in [0.3, 0.4) is 0 Å². The van der Waals surface area contributed by atoms with Gasteiger partial charge in [0, 0.05) is 35.5 Å². The lowest BCUT2D eigenvalue weighted by molar-refractivity contribution is -0.167. The van der Waals surface area contributed by atoms with Crippen LogP contribution in [0.1, 0.15) is 72.1 Å². The molecule has 5 heteroatoms. The highest BCUT2D eigenvalue weighted by Crippen LogP contribution is 2.78. The molecule has 4 aliphatic carbocycles. The number of carbonyl (C=O) groups is 3. The number of fused-ring (bicyclic) bond motifs is 4. The number of esters is 1. The van der Waals surface area contributed by atoms with E-state index in [1.807, 2.05) is 6.08 Å². The molecule has 0 amide bonds. The number of rotatable bonds is 1. The summed E-state index contributed by atoms with van der Waals surface area (Å²) in [5.74, 6) is 0.676. The summed E-state index contributed by atoms with van der Waals surface area (Å²) >= 11 is 0. The van der Waals surface area contributed by atoms with Crippen LogP contribution in [0.5, 0.6) is 0 Å². The third kappa shape index (κ3) is 1.90. The molecule has 6 aliphatic rings. The highest BCUT2D eigenvalue weighted by Gasteiger charge is 2.83. The summed E-state index contributed by atoms with van der Waals surface area (Å²) < 4.78 is 12.7. The van der Waals surface area contributed by atoms with E-state index in [2.05, 4.69) is 13.8 Å². The summed E-state index contributed by atoms with van der Waals surface area (Å²) in [5, 5.41) is 0. The van der Waals surface area contributed by atoms with Gasteiger partial charge in [0.25, 0.3) is 0 Å². The largest absolute Gasteiger partial charge is 0.458 e. The lowest BCUT2D eigenvalue weighted by Crippen LogP contribution is -2.63. The average molecular weight is 398 g/mol. The smallest absolute Gasteiger partial charge is 0.306 e. The summed E-state index contributed by atoms with van der Waals surface area (Å²) in [6.45, 7) is 6.28. The van der Waals surface area contributed by atoms with E-state index in [1.165, 1.54) is 0 Å². The SMILES string of the molecule is CC(=O)[C@@H]1CC2=CC(=O)CC[C@]2(C)[C@@]23OC2C[C@@]2(C)[C@@H](CC[C@@]24CCC(=O)O4)[C@H]13. The number of ketones is 2. The van der Waals surface area contributed by atoms with Crippen molar-refractivity contribution in [2.75, 3.05) is 0 Å². The van der Waals surface area contributed by atoms with E-state index in [4.69, 9.17) is 9.47 Å². The van der Waals surface area contributed by atoms with Crippen molar-refractivity contribution in [2.45, 2.75) is 89.4 Å². The Morgan fingerprint density at radius 2 is 1.93 bits per heavy atom. The van der Waals surface area contributed by atoms with Crippen molar-refractivity contribution in [2.24, 2.45) is 28.6 Å². The maximum absolute atomic E-state index is 12.9. The number of hydrogen-bond acceptors (Lipinski definition) is 5. The summed E-state index contributed by atoms with van der Waals surface area (Å²) in [6, 6.07) is 0. The van der Waals surface area contributed by atoms with E-state index in [-0.39, 0.29) is 57.5 Å². The molecule has 156 valence electrons. The van der Waals surface area contributed by atoms with Crippen LogP contribution >= 0.6 is 0 Å².